The van der Waals surface area contributed by atoms with E-state index >= 15 is 0 Å². The van der Waals surface area contributed by atoms with Crippen LogP contribution >= 0.6 is 11.8 Å². The van der Waals surface area contributed by atoms with Gasteiger partial charge in [0.2, 0.25) is 0 Å². The highest BCUT2D eigenvalue weighted by molar-refractivity contribution is 7.99. The molecule has 4 aromatic rings. The molecule has 0 amide bonds. The van der Waals surface area contributed by atoms with Gasteiger partial charge in [-0.1, -0.05) is 0 Å². The van der Waals surface area contributed by atoms with Crippen molar-refractivity contribution in [3.8, 4) is 11.4 Å². The molecular weight excluding hydrogens is 310 g/mol. The molecular formula is C15H13N7S. The van der Waals surface area contributed by atoms with Crippen molar-refractivity contribution < 1.29 is 0 Å². The Balaban J connectivity index is 1.76. The molecule has 0 aliphatic heterocycles. The summed E-state index contributed by atoms with van der Waals surface area (Å²) in [6, 6.07) is 5.83. The summed E-state index contributed by atoms with van der Waals surface area (Å²) < 4.78 is 2.07. The van der Waals surface area contributed by atoms with E-state index in [2.05, 4.69) is 41.6 Å². The van der Waals surface area contributed by atoms with E-state index in [1.807, 2.05) is 24.4 Å². The van der Waals surface area contributed by atoms with Gasteiger partial charge in [0.1, 0.15) is 17.0 Å². The monoisotopic (exact) mass is 323 g/mol. The SMILES string of the molecule is CCn1c(Sc2ncnc3[nH]ccc23)nnc1-c1ccncc1. The molecule has 4 heterocycles. The van der Waals surface area contributed by atoms with Gasteiger partial charge in [0.15, 0.2) is 11.0 Å². The fourth-order valence-electron chi connectivity index (χ4n) is 2.38. The van der Waals surface area contributed by atoms with Crippen LogP contribution in [0.2, 0.25) is 0 Å². The Morgan fingerprint density at radius 3 is 2.83 bits per heavy atom. The van der Waals surface area contributed by atoms with Gasteiger partial charge in [0.05, 0.1) is 5.39 Å². The van der Waals surface area contributed by atoms with Crippen molar-refractivity contribution in [2.75, 3.05) is 0 Å². The van der Waals surface area contributed by atoms with Crippen LogP contribution in [0.4, 0.5) is 0 Å². The van der Waals surface area contributed by atoms with E-state index in [-0.39, 0.29) is 0 Å². The van der Waals surface area contributed by atoms with Gasteiger partial charge in [0.25, 0.3) is 0 Å². The van der Waals surface area contributed by atoms with Crippen LogP contribution in [-0.4, -0.2) is 34.7 Å². The zero-order chi connectivity index (χ0) is 15.6. The van der Waals surface area contributed by atoms with Gasteiger partial charge in [0, 0.05) is 30.7 Å². The van der Waals surface area contributed by atoms with Gasteiger partial charge in [-0.25, -0.2) is 9.97 Å². The third-order valence-electron chi connectivity index (χ3n) is 3.48. The fourth-order valence-corrected chi connectivity index (χ4v) is 3.34. The van der Waals surface area contributed by atoms with Crippen molar-refractivity contribution in [1.29, 1.82) is 0 Å². The summed E-state index contributed by atoms with van der Waals surface area (Å²) in [6.45, 7) is 2.85. The molecule has 23 heavy (non-hydrogen) atoms. The molecule has 0 unspecified atom stereocenters. The molecule has 0 aromatic carbocycles. The first-order valence-corrected chi connectivity index (χ1v) is 7.98. The molecule has 0 saturated heterocycles. The number of hydrogen-bond acceptors (Lipinski definition) is 6. The number of H-pyrrole nitrogens is 1. The quantitative estimate of drug-likeness (QED) is 0.581. The highest BCUT2D eigenvalue weighted by Gasteiger charge is 2.16. The summed E-state index contributed by atoms with van der Waals surface area (Å²) in [7, 11) is 0. The average molecular weight is 323 g/mol. The average Bonchev–Trinajstić information content (AvgIpc) is 3.22. The highest BCUT2D eigenvalue weighted by Crippen LogP contribution is 2.31. The van der Waals surface area contributed by atoms with Crippen molar-refractivity contribution in [1.82, 2.24) is 34.7 Å². The summed E-state index contributed by atoms with van der Waals surface area (Å²) in [5.41, 5.74) is 1.81. The second-order valence-electron chi connectivity index (χ2n) is 4.81. The predicted octanol–water partition coefficient (Wildman–Crippen LogP) is 2.78. The molecule has 0 atom stereocenters. The molecule has 1 N–H and O–H groups in total. The van der Waals surface area contributed by atoms with E-state index in [9.17, 15) is 0 Å². The number of aromatic nitrogens is 7. The van der Waals surface area contributed by atoms with Crippen molar-refractivity contribution >= 4 is 22.8 Å². The minimum absolute atomic E-state index is 0.772. The van der Waals surface area contributed by atoms with Crippen LogP contribution in [0.5, 0.6) is 0 Å². The maximum atomic E-state index is 4.37. The summed E-state index contributed by atoms with van der Waals surface area (Å²) in [5, 5.41) is 11.3. The number of pyridine rings is 1. The van der Waals surface area contributed by atoms with Gasteiger partial charge >= 0.3 is 0 Å². The van der Waals surface area contributed by atoms with Crippen LogP contribution in [0.1, 0.15) is 6.92 Å². The Morgan fingerprint density at radius 1 is 1.13 bits per heavy atom. The Hall–Kier alpha value is -2.74. The van der Waals surface area contributed by atoms with Gasteiger partial charge < -0.3 is 9.55 Å². The van der Waals surface area contributed by atoms with Crippen molar-refractivity contribution in [2.24, 2.45) is 0 Å². The van der Waals surface area contributed by atoms with E-state index < -0.39 is 0 Å². The zero-order valence-corrected chi connectivity index (χ0v) is 13.2. The molecule has 114 valence electrons. The van der Waals surface area contributed by atoms with Crippen LogP contribution < -0.4 is 0 Å². The number of rotatable bonds is 4. The molecule has 4 aromatic heterocycles. The first kappa shape index (κ1) is 13.9. The third kappa shape index (κ3) is 2.46. The standard InChI is InChI=1S/C15H13N7S/c1-2-22-13(10-3-6-16-7-4-10)20-21-15(22)23-14-11-5-8-17-12(11)18-9-19-14/h3-9H,2H2,1H3,(H,17,18,19). The fraction of sp³-hybridized carbons (Fsp3) is 0.133. The number of aromatic amines is 1. The van der Waals surface area contributed by atoms with Crippen LogP contribution in [0.25, 0.3) is 22.4 Å². The molecule has 4 rings (SSSR count). The molecule has 0 bridgehead atoms. The lowest BCUT2D eigenvalue weighted by atomic mass is 10.2. The second-order valence-corrected chi connectivity index (χ2v) is 5.76. The third-order valence-corrected chi connectivity index (χ3v) is 4.48. The highest BCUT2D eigenvalue weighted by atomic mass is 32.2. The molecule has 0 aliphatic carbocycles. The molecule has 0 aliphatic rings. The van der Waals surface area contributed by atoms with Crippen molar-refractivity contribution in [2.45, 2.75) is 23.7 Å². The van der Waals surface area contributed by atoms with Gasteiger partial charge in [-0.15, -0.1) is 10.2 Å². The van der Waals surface area contributed by atoms with E-state index in [0.717, 1.165) is 39.1 Å². The minimum Gasteiger partial charge on any atom is -0.346 e. The van der Waals surface area contributed by atoms with E-state index in [1.54, 1.807) is 18.7 Å². The smallest absolute Gasteiger partial charge is 0.197 e. The lowest BCUT2D eigenvalue weighted by Crippen LogP contribution is -2.00. The Morgan fingerprint density at radius 2 is 2.00 bits per heavy atom. The van der Waals surface area contributed by atoms with Crippen molar-refractivity contribution in [3.63, 3.8) is 0 Å². The molecule has 0 fully saturated rings. The topological polar surface area (TPSA) is 85.2 Å². The Bertz CT molecular complexity index is 945. The van der Waals surface area contributed by atoms with Crippen molar-refractivity contribution in [3.05, 3.63) is 43.1 Å². The van der Waals surface area contributed by atoms with Crippen LogP contribution in [-0.2, 0) is 6.54 Å². The molecule has 0 radical (unpaired) electrons. The van der Waals surface area contributed by atoms with E-state index in [1.165, 1.54) is 11.8 Å². The van der Waals surface area contributed by atoms with Gasteiger partial charge in [-0.3, -0.25) is 4.98 Å². The maximum Gasteiger partial charge on any atom is 0.197 e. The van der Waals surface area contributed by atoms with Gasteiger partial charge in [-0.2, -0.15) is 0 Å². The van der Waals surface area contributed by atoms with Crippen LogP contribution in [0.15, 0.2) is 53.3 Å². The molecule has 8 heteroatoms. The summed E-state index contributed by atoms with van der Waals surface area (Å²) >= 11 is 1.49. The van der Waals surface area contributed by atoms with E-state index in [4.69, 9.17) is 0 Å². The van der Waals surface area contributed by atoms with E-state index in [0.29, 0.717) is 0 Å². The molecule has 0 saturated carbocycles. The van der Waals surface area contributed by atoms with Crippen LogP contribution in [0.3, 0.4) is 0 Å². The zero-order valence-electron chi connectivity index (χ0n) is 12.3. The Labute approximate surface area is 136 Å². The lowest BCUT2D eigenvalue weighted by Gasteiger charge is -2.07. The second kappa shape index (κ2) is 5.81. The summed E-state index contributed by atoms with van der Waals surface area (Å²) in [6.07, 6.45) is 6.92. The first-order chi connectivity index (χ1) is 11.4. The number of fused-ring (bicyclic) bond motifs is 1. The normalized spacial score (nSPS) is 11.2. The minimum atomic E-state index is 0.772. The largest absolute Gasteiger partial charge is 0.346 e. The predicted molar refractivity (Wildman–Crippen MR) is 86.9 cm³/mol. The van der Waals surface area contributed by atoms with Gasteiger partial charge in [-0.05, 0) is 36.9 Å². The number of hydrogen-bond donors (Lipinski definition) is 1. The summed E-state index contributed by atoms with van der Waals surface area (Å²) in [4.78, 5) is 15.7. The first-order valence-electron chi connectivity index (χ1n) is 7.16. The number of nitrogens with zero attached hydrogens (tertiary/aromatic N) is 6. The Kier molecular flexibility index (Phi) is 3.51. The molecule has 0 spiro atoms. The maximum absolute atomic E-state index is 4.37. The summed E-state index contributed by atoms with van der Waals surface area (Å²) in [5.74, 6) is 0.830. The number of nitrogens with one attached hydrogen (secondary N) is 1. The lowest BCUT2D eigenvalue weighted by molar-refractivity contribution is 0.687. The van der Waals surface area contributed by atoms with Crippen LogP contribution in [0, 0.1) is 0 Å². The molecule has 7 nitrogen and oxygen atoms in total.